The lowest BCUT2D eigenvalue weighted by molar-refractivity contribution is 0.381. The number of nitrogens with two attached hydrogens (primary N) is 1. The third-order valence-electron chi connectivity index (χ3n) is 2.95. The molecule has 0 saturated heterocycles. The van der Waals surface area contributed by atoms with Crippen LogP contribution in [-0.2, 0) is 10.0 Å². The summed E-state index contributed by atoms with van der Waals surface area (Å²) in [6.07, 6.45) is 1.06. The number of rotatable bonds is 6. The van der Waals surface area contributed by atoms with E-state index in [1.807, 2.05) is 0 Å². The Kier molecular flexibility index (Phi) is 5.92. The van der Waals surface area contributed by atoms with Crippen LogP contribution in [0.2, 0.25) is 0 Å². The standard InChI is InChI=1S/C11H18BrN3O2S3/c1-2-14-9-7-15(5-3-4-12)19-11-8(9)6-10(18-11)20(13,16)17/h6,9,14H,2-5,7H2,1H3,(H2,13,16,17)/t9-/m0/s1. The molecule has 2 rings (SSSR count). The lowest BCUT2D eigenvalue weighted by Crippen LogP contribution is -2.35. The molecular formula is C11H18BrN3O2S3. The van der Waals surface area contributed by atoms with Gasteiger partial charge in [-0.15, -0.1) is 11.3 Å². The van der Waals surface area contributed by atoms with E-state index < -0.39 is 10.0 Å². The van der Waals surface area contributed by atoms with Gasteiger partial charge in [-0.2, -0.15) is 0 Å². The maximum absolute atomic E-state index is 11.5. The molecule has 114 valence electrons. The Morgan fingerprint density at radius 1 is 1.60 bits per heavy atom. The second kappa shape index (κ2) is 7.08. The summed E-state index contributed by atoms with van der Waals surface area (Å²) in [7, 11) is -3.62. The number of nitrogens with zero attached hydrogens (tertiary/aromatic N) is 1. The lowest BCUT2D eigenvalue weighted by Gasteiger charge is -2.31. The first-order valence-electron chi connectivity index (χ1n) is 6.34. The van der Waals surface area contributed by atoms with Crippen molar-refractivity contribution in [2.75, 3.05) is 25.0 Å². The molecule has 0 aliphatic carbocycles. The number of likely N-dealkylation sites (N-methyl/N-ethyl adjacent to an activating group) is 1. The van der Waals surface area contributed by atoms with E-state index in [1.165, 1.54) is 11.3 Å². The highest BCUT2D eigenvalue weighted by Gasteiger charge is 2.29. The van der Waals surface area contributed by atoms with Crippen molar-refractivity contribution < 1.29 is 8.42 Å². The van der Waals surface area contributed by atoms with Crippen LogP contribution in [0.3, 0.4) is 0 Å². The minimum atomic E-state index is -3.62. The number of thiophene rings is 1. The minimum absolute atomic E-state index is 0.165. The Balaban J connectivity index is 2.27. The topological polar surface area (TPSA) is 75.4 Å². The van der Waals surface area contributed by atoms with E-state index in [0.29, 0.717) is 0 Å². The molecule has 0 amide bonds. The molecule has 0 radical (unpaired) electrons. The predicted octanol–water partition coefficient (Wildman–Crippen LogP) is 2.15. The average molecular weight is 400 g/mol. The van der Waals surface area contributed by atoms with Crippen molar-refractivity contribution >= 4 is 49.2 Å². The molecule has 0 saturated carbocycles. The van der Waals surface area contributed by atoms with Crippen molar-refractivity contribution in [3.05, 3.63) is 11.6 Å². The van der Waals surface area contributed by atoms with Gasteiger partial charge in [-0.1, -0.05) is 22.9 Å². The molecule has 0 spiro atoms. The zero-order chi connectivity index (χ0) is 14.8. The number of primary sulfonamides is 1. The lowest BCUT2D eigenvalue weighted by atomic mass is 10.1. The van der Waals surface area contributed by atoms with Crippen molar-refractivity contribution in [3.63, 3.8) is 0 Å². The Morgan fingerprint density at radius 3 is 2.95 bits per heavy atom. The first-order chi connectivity index (χ1) is 9.45. The fourth-order valence-electron chi connectivity index (χ4n) is 2.07. The maximum atomic E-state index is 11.5. The number of sulfonamides is 1. The quantitative estimate of drug-likeness (QED) is 0.566. The van der Waals surface area contributed by atoms with Crippen LogP contribution in [0.25, 0.3) is 0 Å². The van der Waals surface area contributed by atoms with E-state index in [9.17, 15) is 8.42 Å². The summed E-state index contributed by atoms with van der Waals surface area (Å²) in [5.41, 5.74) is 1.06. The number of hydrogen-bond donors (Lipinski definition) is 2. The monoisotopic (exact) mass is 399 g/mol. The van der Waals surface area contributed by atoms with Gasteiger partial charge in [0.1, 0.15) is 4.21 Å². The number of fused-ring (bicyclic) bond motifs is 1. The number of hydrogen-bond acceptors (Lipinski definition) is 6. The Hall–Kier alpha value is 0.360. The highest BCUT2D eigenvalue weighted by molar-refractivity contribution is 9.09. The van der Waals surface area contributed by atoms with Crippen molar-refractivity contribution in [1.82, 2.24) is 9.62 Å². The first-order valence-corrected chi connectivity index (χ1v) is 10.6. The van der Waals surface area contributed by atoms with Crippen molar-refractivity contribution in [1.29, 1.82) is 0 Å². The maximum Gasteiger partial charge on any atom is 0.247 e. The molecule has 20 heavy (non-hydrogen) atoms. The predicted molar refractivity (Wildman–Crippen MR) is 88.0 cm³/mol. The molecule has 0 aromatic carbocycles. The molecule has 0 bridgehead atoms. The van der Waals surface area contributed by atoms with Gasteiger partial charge in [0, 0.05) is 24.5 Å². The molecule has 0 fully saturated rings. The summed E-state index contributed by atoms with van der Waals surface area (Å²) in [6, 6.07) is 1.88. The van der Waals surface area contributed by atoms with Crippen LogP contribution in [0.5, 0.6) is 0 Å². The molecule has 5 nitrogen and oxygen atoms in total. The molecule has 1 aliphatic heterocycles. The number of halogens is 1. The van der Waals surface area contributed by atoms with E-state index in [2.05, 4.69) is 32.5 Å². The van der Waals surface area contributed by atoms with Gasteiger partial charge in [0.25, 0.3) is 0 Å². The third kappa shape index (κ3) is 3.96. The molecule has 1 aliphatic rings. The van der Waals surface area contributed by atoms with Crippen LogP contribution < -0.4 is 10.5 Å². The Labute approximate surface area is 136 Å². The number of alkyl halides is 1. The smallest absolute Gasteiger partial charge is 0.247 e. The molecule has 1 atom stereocenters. The van der Waals surface area contributed by atoms with Gasteiger partial charge in [0.05, 0.1) is 4.21 Å². The van der Waals surface area contributed by atoms with Gasteiger partial charge in [-0.3, -0.25) is 0 Å². The van der Waals surface area contributed by atoms with Crippen molar-refractivity contribution in [2.45, 2.75) is 27.8 Å². The zero-order valence-electron chi connectivity index (χ0n) is 11.1. The second-order valence-electron chi connectivity index (χ2n) is 4.49. The number of nitrogens with one attached hydrogen (secondary N) is 1. The summed E-state index contributed by atoms with van der Waals surface area (Å²) in [5, 5.41) is 9.62. The minimum Gasteiger partial charge on any atom is -0.309 e. The molecule has 0 unspecified atom stereocenters. The molecule has 1 aromatic rings. The van der Waals surface area contributed by atoms with E-state index in [1.54, 1.807) is 18.0 Å². The second-order valence-corrected chi connectivity index (χ2v) is 9.48. The van der Waals surface area contributed by atoms with Gasteiger partial charge in [-0.25, -0.2) is 17.9 Å². The van der Waals surface area contributed by atoms with Crippen molar-refractivity contribution in [2.24, 2.45) is 5.14 Å². The van der Waals surface area contributed by atoms with Crippen LogP contribution in [0.4, 0.5) is 0 Å². The van der Waals surface area contributed by atoms with Crippen LogP contribution >= 0.6 is 39.2 Å². The van der Waals surface area contributed by atoms with Gasteiger partial charge in [-0.05, 0) is 36.5 Å². The summed E-state index contributed by atoms with van der Waals surface area (Å²) in [4.78, 5) is 0. The van der Waals surface area contributed by atoms with Gasteiger partial charge >= 0.3 is 0 Å². The van der Waals surface area contributed by atoms with Crippen LogP contribution in [0.15, 0.2) is 14.5 Å². The van der Waals surface area contributed by atoms with E-state index in [4.69, 9.17) is 5.14 Å². The molecular weight excluding hydrogens is 382 g/mol. The van der Waals surface area contributed by atoms with Crippen LogP contribution in [0, 0.1) is 0 Å². The highest BCUT2D eigenvalue weighted by atomic mass is 79.9. The molecule has 2 heterocycles. The van der Waals surface area contributed by atoms with E-state index >= 15 is 0 Å². The van der Waals surface area contributed by atoms with E-state index in [0.717, 1.165) is 41.2 Å². The third-order valence-corrected chi connectivity index (χ3v) is 7.34. The first kappa shape index (κ1) is 16.7. The summed E-state index contributed by atoms with van der Waals surface area (Å²) < 4.78 is 26.6. The van der Waals surface area contributed by atoms with E-state index in [-0.39, 0.29) is 10.3 Å². The fourth-order valence-corrected chi connectivity index (χ4v) is 5.89. The SMILES string of the molecule is CCN[C@H]1CN(CCCBr)Sc2sc(S(N)(=O)=O)cc21. The zero-order valence-corrected chi connectivity index (χ0v) is 15.2. The Bertz CT molecular complexity index is 561. The van der Waals surface area contributed by atoms with Crippen LogP contribution in [0.1, 0.15) is 24.9 Å². The largest absolute Gasteiger partial charge is 0.309 e. The summed E-state index contributed by atoms with van der Waals surface area (Å²) >= 11 is 6.34. The average Bonchev–Trinajstić information content (AvgIpc) is 2.80. The summed E-state index contributed by atoms with van der Waals surface area (Å²) in [6.45, 7) is 4.75. The Morgan fingerprint density at radius 2 is 2.35 bits per heavy atom. The normalized spacial score (nSPS) is 20.1. The highest BCUT2D eigenvalue weighted by Crippen LogP contribution is 2.43. The van der Waals surface area contributed by atoms with Gasteiger partial charge < -0.3 is 5.32 Å². The molecule has 9 heteroatoms. The summed E-state index contributed by atoms with van der Waals surface area (Å²) in [5.74, 6) is 0. The fraction of sp³-hybridized carbons (Fsp3) is 0.636. The van der Waals surface area contributed by atoms with Crippen LogP contribution in [-0.4, -0.2) is 37.7 Å². The molecule has 3 N–H and O–H groups in total. The van der Waals surface area contributed by atoms with Gasteiger partial charge in [0.2, 0.25) is 10.0 Å². The molecule has 1 aromatic heterocycles. The van der Waals surface area contributed by atoms with Gasteiger partial charge in [0.15, 0.2) is 0 Å². The van der Waals surface area contributed by atoms with Crippen molar-refractivity contribution in [3.8, 4) is 0 Å².